The molecule has 3 N–H and O–H groups in total. The number of ether oxygens (including phenoxy) is 1. The van der Waals surface area contributed by atoms with Crippen LogP contribution in [0.5, 0.6) is 0 Å². The summed E-state index contributed by atoms with van der Waals surface area (Å²) in [4.78, 5) is 49.4. The molecule has 1 aromatic carbocycles. The van der Waals surface area contributed by atoms with Crippen molar-refractivity contribution in [1.29, 1.82) is 0 Å². The lowest BCUT2D eigenvalue weighted by Crippen LogP contribution is -2.57. The van der Waals surface area contributed by atoms with Gasteiger partial charge in [0.2, 0.25) is 11.8 Å². The van der Waals surface area contributed by atoms with E-state index in [0.29, 0.717) is 45.6 Å². The van der Waals surface area contributed by atoms with E-state index in [9.17, 15) is 14.4 Å². The Labute approximate surface area is 279 Å². The van der Waals surface area contributed by atoms with E-state index in [0.717, 1.165) is 34.5 Å². The Morgan fingerprint density at radius 3 is 2.37 bits per heavy atom. The number of nitrogens with zero attached hydrogens (tertiary/aromatic N) is 3. The Kier molecular flexibility index (Phi) is 13.6. The van der Waals surface area contributed by atoms with Crippen LogP contribution < -0.4 is 10.6 Å². The number of rotatable bonds is 14. The summed E-state index contributed by atoms with van der Waals surface area (Å²) >= 11 is 1.61. The van der Waals surface area contributed by atoms with Crippen molar-refractivity contribution >= 4 is 29.2 Å². The zero-order chi connectivity index (χ0) is 34.1. The van der Waals surface area contributed by atoms with Crippen molar-refractivity contribution in [2.24, 2.45) is 11.3 Å². The van der Waals surface area contributed by atoms with E-state index in [4.69, 9.17) is 9.84 Å². The van der Waals surface area contributed by atoms with Crippen LogP contribution in [0.2, 0.25) is 0 Å². The lowest BCUT2D eigenvalue weighted by Gasteiger charge is -2.36. The topological polar surface area (TPSA) is 124 Å². The van der Waals surface area contributed by atoms with E-state index in [1.165, 1.54) is 0 Å². The number of aliphatic hydroxyl groups is 1. The van der Waals surface area contributed by atoms with E-state index < -0.39 is 29.2 Å². The van der Waals surface area contributed by atoms with Crippen LogP contribution >= 0.6 is 11.3 Å². The molecule has 1 fully saturated rings. The van der Waals surface area contributed by atoms with Gasteiger partial charge in [-0.2, -0.15) is 0 Å². The number of nitrogens with one attached hydrogen (secondary N) is 2. The number of hydrogen-bond donors (Lipinski definition) is 3. The summed E-state index contributed by atoms with van der Waals surface area (Å²) in [6.07, 6.45) is 2.46. The normalized spacial score (nSPS) is 17.5. The van der Waals surface area contributed by atoms with Crippen molar-refractivity contribution in [2.75, 3.05) is 32.8 Å². The standard InChI is InChI=1S/C35H55N5O5S/c1-24-20-28(31(42)37-21-26-12-14-27(15-13-26)29-25(2)38-23-46-29)40(22-24)32(43)30(34(3,4)5)36-16-18-39(17-10-9-11-19-41)33(44)45-35(6,7)8/h12-15,23-24,28,30,36,41H,9-11,16-22H2,1-8H3,(H,37,42)/t24-,28+,30-/m1/s1. The first-order valence-corrected chi connectivity index (χ1v) is 17.4. The zero-order valence-corrected chi connectivity index (χ0v) is 29.8. The first kappa shape index (κ1) is 37.4. The Morgan fingerprint density at radius 2 is 1.78 bits per heavy atom. The van der Waals surface area contributed by atoms with Crippen molar-refractivity contribution in [1.82, 2.24) is 25.4 Å². The third-order valence-corrected chi connectivity index (χ3v) is 9.08. The highest BCUT2D eigenvalue weighted by molar-refractivity contribution is 7.13. The Morgan fingerprint density at radius 1 is 1.09 bits per heavy atom. The highest BCUT2D eigenvalue weighted by atomic mass is 32.1. The second-order valence-electron chi connectivity index (χ2n) is 14.5. The molecule has 0 aliphatic carbocycles. The summed E-state index contributed by atoms with van der Waals surface area (Å²) in [5, 5.41) is 15.6. The van der Waals surface area contributed by atoms with Crippen LogP contribution in [-0.4, -0.2) is 88.3 Å². The van der Waals surface area contributed by atoms with Crippen molar-refractivity contribution < 1.29 is 24.2 Å². The van der Waals surface area contributed by atoms with Crippen molar-refractivity contribution in [3.05, 3.63) is 41.0 Å². The summed E-state index contributed by atoms with van der Waals surface area (Å²) in [5.74, 6) is -0.0522. The van der Waals surface area contributed by atoms with Crippen LogP contribution in [0.25, 0.3) is 10.4 Å². The Hall–Kier alpha value is -3.02. The van der Waals surface area contributed by atoms with E-state index in [1.807, 2.05) is 78.2 Å². The van der Waals surface area contributed by atoms with E-state index in [-0.39, 0.29) is 24.3 Å². The number of carbonyl (C=O) groups excluding carboxylic acids is 3. The molecule has 3 rings (SSSR count). The van der Waals surface area contributed by atoms with E-state index in [1.54, 1.807) is 21.1 Å². The highest BCUT2D eigenvalue weighted by Gasteiger charge is 2.43. The molecule has 10 nitrogen and oxygen atoms in total. The smallest absolute Gasteiger partial charge is 0.410 e. The van der Waals surface area contributed by atoms with Crippen molar-refractivity contribution in [3.8, 4) is 10.4 Å². The summed E-state index contributed by atoms with van der Waals surface area (Å²) in [6, 6.07) is 7.04. The molecule has 2 heterocycles. The quantitative estimate of drug-likeness (QED) is 0.233. The number of thiazole rings is 1. The van der Waals surface area contributed by atoms with Gasteiger partial charge >= 0.3 is 6.09 Å². The zero-order valence-electron chi connectivity index (χ0n) is 29.0. The predicted octanol–water partition coefficient (Wildman–Crippen LogP) is 5.38. The molecule has 0 saturated carbocycles. The van der Waals surface area contributed by atoms with Crippen LogP contribution in [-0.2, 0) is 20.9 Å². The third-order valence-electron chi connectivity index (χ3n) is 8.11. The average molecular weight is 658 g/mol. The van der Waals surface area contributed by atoms with Gasteiger partial charge in [0.1, 0.15) is 11.6 Å². The molecular weight excluding hydrogens is 602 g/mol. The molecule has 0 unspecified atom stereocenters. The lowest BCUT2D eigenvalue weighted by atomic mass is 9.85. The highest BCUT2D eigenvalue weighted by Crippen LogP contribution is 2.29. The largest absolute Gasteiger partial charge is 0.444 e. The molecule has 3 atom stereocenters. The average Bonchev–Trinajstić information content (AvgIpc) is 3.58. The Balaban J connectivity index is 1.63. The lowest BCUT2D eigenvalue weighted by molar-refractivity contribution is -0.142. The number of amides is 3. The molecule has 11 heteroatoms. The first-order valence-electron chi connectivity index (χ1n) is 16.5. The third kappa shape index (κ3) is 11.1. The minimum atomic E-state index is -0.621. The second-order valence-corrected chi connectivity index (χ2v) is 15.4. The van der Waals surface area contributed by atoms with E-state index >= 15 is 0 Å². The fourth-order valence-electron chi connectivity index (χ4n) is 5.68. The second kappa shape index (κ2) is 16.7. The molecule has 256 valence electrons. The maximum absolute atomic E-state index is 14.1. The molecule has 2 aromatic rings. The molecule has 1 aromatic heterocycles. The van der Waals surface area contributed by atoms with Gasteiger partial charge in [0.25, 0.3) is 0 Å². The molecule has 1 saturated heterocycles. The number of likely N-dealkylation sites (tertiary alicyclic amines) is 1. The van der Waals surface area contributed by atoms with Crippen LogP contribution in [0, 0.1) is 18.3 Å². The van der Waals surface area contributed by atoms with Gasteiger partial charge in [-0.05, 0) is 75.8 Å². The van der Waals surface area contributed by atoms with Crippen LogP contribution in [0.1, 0.15) is 85.4 Å². The molecule has 0 radical (unpaired) electrons. The van der Waals surface area contributed by atoms with E-state index in [2.05, 4.69) is 22.5 Å². The maximum atomic E-state index is 14.1. The van der Waals surface area contributed by atoms with Gasteiger partial charge in [0.15, 0.2) is 0 Å². The van der Waals surface area contributed by atoms with Gasteiger partial charge in [-0.25, -0.2) is 9.78 Å². The molecular formula is C35H55N5O5S. The van der Waals surface area contributed by atoms with Gasteiger partial charge in [-0.15, -0.1) is 11.3 Å². The number of carbonyl (C=O) groups is 3. The number of benzene rings is 1. The summed E-state index contributed by atoms with van der Waals surface area (Å²) in [5.41, 5.74) is 3.89. The minimum absolute atomic E-state index is 0.104. The molecule has 1 aliphatic rings. The maximum Gasteiger partial charge on any atom is 0.410 e. The summed E-state index contributed by atoms with van der Waals surface area (Å²) in [6.45, 7) is 17.9. The number of aliphatic hydroxyl groups excluding tert-OH is 1. The van der Waals surface area contributed by atoms with Gasteiger partial charge in [-0.3, -0.25) is 9.59 Å². The number of aromatic nitrogens is 1. The van der Waals surface area contributed by atoms with Gasteiger partial charge in [0, 0.05) is 39.3 Å². The van der Waals surface area contributed by atoms with Crippen LogP contribution in [0.3, 0.4) is 0 Å². The first-order chi connectivity index (χ1) is 21.6. The SMILES string of the molecule is Cc1ncsc1-c1ccc(CNC(=O)[C@@H]2C[C@@H](C)CN2C(=O)[C@@H](NCCN(CCCCCO)C(=O)OC(C)(C)C)C(C)(C)C)cc1. The molecule has 46 heavy (non-hydrogen) atoms. The molecule has 3 amide bonds. The fraction of sp³-hybridized carbons (Fsp3) is 0.657. The number of unbranched alkanes of at least 4 members (excludes halogenated alkanes) is 2. The van der Waals surface area contributed by atoms with Crippen LogP contribution in [0.4, 0.5) is 4.79 Å². The van der Waals surface area contributed by atoms with Gasteiger partial charge < -0.3 is 30.3 Å². The van der Waals surface area contributed by atoms with Gasteiger partial charge in [0.05, 0.1) is 22.1 Å². The minimum Gasteiger partial charge on any atom is -0.444 e. The summed E-state index contributed by atoms with van der Waals surface area (Å²) in [7, 11) is 0. The number of aryl methyl sites for hydroxylation is 1. The van der Waals surface area contributed by atoms with Crippen LogP contribution in [0.15, 0.2) is 29.8 Å². The number of hydrogen-bond acceptors (Lipinski definition) is 8. The summed E-state index contributed by atoms with van der Waals surface area (Å²) < 4.78 is 5.63. The monoisotopic (exact) mass is 657 g/mol. The Bertz CT molecular complexity index is 1280. The van der Waals surface area contributed by atoms with Crippen molar-refractivity contribution in [3.63, 3.8) is 0 Å². The molecule has 1 aliphatic heterocycles. The predicted molar refractivity (Wildman–Crippen MR) is 183 cm³/mol. The fourth-order valence-corrected chi connectivity index (χ4v) is 6.50. The molecule has 0 spiro atoms. The molecule has 0 bridgehead atoms. The van der Waals surface area contributed by atoms with Crippen molar-refractivity contribution in [2.45, 2.75) is 105 Å². The van der Waals surface area contributed by atoms with Gasteiger partial charge in [-0.1, -0.05) is 52.0 Å².